The molecule has 0 bridgehead atoms. The molecule has 0 radical (unpaired) electrons. The van der Waals surface area contributed by atoms with Crippen LogP contribution in [0.4, 0.5) is 0 Å². The van der Waals surface area contributed by atoms with E-state index in [4.69, 9.17) is 4.74 Å². The number of ether oxygens (including phenoxy) is 1. The summed E-state index contributed by atoms with van der Waals surface area (Å²) in [6.07, 6.45) is 1.12. The summed E-state index contributed by atoms with van der Waals surface area (Å²) >= 11 is 0. The number of phenolic OH excluding ortho intramolecular Hbond substituents is 1. The van der Waals surface area contributed by atoms with Crippen LogP contribution in [0.25, 0.3) is 0 Å². The van der Waals surface area contributed by atoms with Gasteiger partial charge in [0, 0.05) is 17.5 Å². The van der Waals surface area contributed by atoms with Crippen molar-refractivity contribution >= 4 is 0 Å². The molecule has 2 nitrogen and oxygen atoms in total. The van der Waals surface area contributed by atoms with Gasteiger partial charge in [-0.05, 0) is 24.5 Å². The van der Waals surface area contributed by atoms with E-state index in [0.29, 0.717) is 5.75 Å². The molecule has 1 N–H and O–H groups in total. The van der Waals surface area contributed by atoms with E-state index in [-0.39, 0.29) is 11.5 Å². The van der Waals surface area contributed by atoms with Gasteiger partial charge in [-0.15, -0.1) is 0 Å². The first-order chi connectivity index (χ1) is 6.89. The van der Waals surface area contributed by atoms with Crippen molar-refractivity contribution in [1.29, 1.82) is 0 Å². The largest absolute Gasteiger partial charge is 0.508 e. The Bertz CT molecular complexity index is 388. The summed E-state index contributed by atoms with van der Waals surface area (Å²) in [5, 5.41) is 9.94. The fraction of sp³-hybridized carbons (Fsp3) is 0.538. The number of aromatic hydroxyl groups is 1. The fourth-order valence-corrected chi connectivity index (χ4v) is 2.31. The zero-order valence-corrected chi connectivity index (χ0v) is 9.79. The number of benzene rings is 1. The molecule has 0 aromatic heterocycles. The van der Waals surface area contributed by atoms with Crippen molar-refractivity contribution in [3.63, 3.8) is 0 Å². The van der Waals surface area contributed by atoms with Crippen molar-refractivity contribution in [2.75, 3.05) is 0 Å². The lowest BCUT2D eigenvalue weighted by Gasteiger charge is -2.23. The van der Waals surface area contributed by atoms with Crippen LogP contribution in [0.3, 0.4) is 0 Å². The summed E-state index contributed by atoms with van der Waals surface area (Å²) in [6.45, 7) is 8.41. The van der Waals surface area contributed by atoms with Crippen LogP contribution in [0, 0.1) is 0 Å². The quantitative estimate of drug-likeness (QED) is 0.707. The second-order valence-electron chi connectivity index (χ2n) is 5.32. The molecule has 1 unspecified atom stereocenters. The van der Waals surface area contributed by atoms with E-state index in [1.54, 1.807) is 6.07 Å². The Balaban J connectivity index is 2.60. The van der Waals surface area contributed by atoms with Gasteiger partial charge in [-0.3, -0.25) is 0 Å². The molecule has 1 aromatic carbocycles. The van der Waals surface area contributed by atoms with Crippen molar-refractivity contribution in [2.24, 2.45) is 0 Å². The van der Waals surface area contributed by atoms with Gasteiger partial charge in [-0.1, -0.05) is 20.8 Å². The average Bonchev–Trinajstić information content (AvgIpc) is 2.41. The summed E-state index contributed by atoms with van der Waals surface area (Å²) < 4.78 is 5.69. The SMILES string of the molecule is CC1Cc2c(ccc(O)c2C(C)(C)C)O1. The first-order valence-electron chi connectivity index (χ1n) is 5.41. The maximum absolute atomic E-state index is 9.94. The van der Waals surface area contributed by atoms with Crippen LogP contribution in [-0.2, 0) is 11.8 Å². The van der Waals surface area contributed by atoms with Gasteiger partial charge in [0.05, 0.1) is 0 Å². The van der Waals surface area contributed by atoms with Crippen molar-refractivity contribution in [2.45, 2.75) is 45.6 Å². The lowest BCUT2D eigenvalue weighted by molar-refractivity contribution is 0.254. The molecular weight excluding hydrogens is 188 g/mol. The highest BCUT2D eigenvalue weighted by atomic mass is 16.5. The van der Waals surface area contributed by atoms with Crippen LogP contribution >= 0.6 is 0 Å². The van der Waals surface area contributed by atoms with Crippen molar-refractivity contribution in [3.05, 3.63) is 23.3 Å². The third-order valence-corrected chi connectivity index (χ3v) is 2.82. The molecule has 2 rings (SSSR count). The summed E-state index contributed by atoms with van der Waals surface area (Å²) in [4.78, 5) is 0. The van der Waals surface area contributed by atoms with E-state index in [9.17, 15) is 5.11 Å². The Labute approximate surface area is 90.9 Å². The van der Waals surface area contributed by atoms with Gasteiger partial charge in [0.25, 0.3) is 0 Å². The normalized spacial score (nSPS) is 19.9. The van der Waals surface area contributed by atoms with Crippen molar-refractivity contribution in [1.82, 2.24) is 0 Å². The molecule has 1 heterocycles. The summed E-state index contributed by atoms with van der Waals surface area (Å²) in [5.74, 6) is 1.32. The van der Waals surface area contributed by atoms with Crippen LogP contribution < -0.4 is 4.74 Å². The monoisotopic (exact) mass is 206 g/mol. The predicted octanol–water partition coefficient (Wildman–Crippen LogP) is 3.01. The average molecular weight is 206 g/mol. The predicted molar refractivity (Wildman–Crippen MR) is 60.6 cm³/mol. The van der Waals surface area contributed by atoms with E-state index in [1.165, 1.54) is 5.56 Å². The minimum Gasteiger partial charge on any atom is -0.508 e. The van der Waals surface area contributed by atoms with Gasteiger partial charge >= 0.3 is 0 Å². The fourth-order valence-electron chi connectivity index (χ4n) is 2.31. The second-order valence-corrected chi connectivity index (χ2v) is 5.32. The third kappa shape index (κ3) is 1.69. The Hall–Kier alpha value is -1.18. The molecule has 1 atom stereocenters. The van der Waals surface area contributed by atoms with E-state index >= 15 is 0 Å². The van der Waals surface area contributed by atoms with E-state index in [1.807, 2.05) is 6.07 Å². The van der Waals surface area contributed by atoms with Crippen LogP contribution in [0.5, 0.6) is 11.5 Å². The van der Waals surface area contributed by atoms with Gasteiger partial charge in [0.15, 0.2) is 0 Å². The maximum Gasteiger partial charge on any atom is 0.123 e. The number of phenols is 1. The zero-order valence-electron chi connectivity index (χ0n) is 9.79. The minimum atomic E-state index is -0.0388. The molecule has 0 spiro atoms. The first-order valence-corrected chi connectivity index (χ1v) is 5.41. The lowest BCUT2D eigenvalue weighted by Crippen LogP contribution is -2.14. The van der Waals surface area contributed by atoms with Gasteiger partial charge in [0.2, 0.25) is 0 Å². The highest BCUT2D eigenvalue weighted by Crippen LogP contribution is 2.42. The molecule has 0 aliphatic carbocycles. The smallest absolute Gasteiger partial charge is 0.123 e. The Morgan fingerprint density at radius 2 is 2.00 bits per heavy atom. The van der Waals surface area contributed by atoms with Crippen LogP contribution in [-0.4, -0.2) is 11.2 Å². The van der Waals surface area contributed by atoms with Crippen LogP contribution in [0.2, 0.25) is 0 Å². The molecule has 82 valence electrons. The molecule has 2 heteroatoms. The zero-order chi connectivity index (χ0) is 11.2. The molecule has 0 saturated carbocycles. The summed E-state index contributed by atoms with van der Waals surface area (Å²) in [5.41, 5.74) is 2.17. The number of hydrogen-bond donors (Lipinski definition) is 1. The van der Waals surface area contributed by atoms with E-state index in [0.717, 1.165) is 17.7 Å². The molecule has 1 aromatic rings. The van der Waals surface area contributed by atoms with Crippen molar-refractivity contribution in [3.8, 4) is 11.5 Å². The minimum absolute atomic E-state index is 0.0388. The summed E-state index contributed by atoms with van der Waals surface area (Å²) in [6, 6.07) is 3.60. The molecular formula is C13H18O2. The number of rotatable bonds is 0. The number of fused-ring (bicyclic) bond motifs is 1. The topological polar surface area (TPSA) is 29.5 Å². The van der Waals surface area contributed by atoms with Gasteiger partial charge in [0.1, 0.15) is 17.6 Å². The molecule has 1 aliphatic rings. The van der Waals surface area contributed by atoms with E-state index < -0.39 is 0 Å². The Morgan fingerprint density at radius 3 is 2.60 bits per heavy atom. The Kier molecular flexibility index (Phi) is 2.18. The van der Waals surface area contributed by atoms with Gasteiger partial charge in [-0.25, -0.2) is 0 Å². The van der Waals surface area contributed by atoms with Gasteiger partial charge < -0.3 is 9.84 Å². The third-order valence-electron chi connectivity index (χ3n) is 2.82. The Morgan fingerprint density at radius 1 is 1.33 bits per heavy atom. The molecule has 0 saturated heterocycles. The second kappa shape index (κ2) is 3.16. The van der Waals surface area contributed by atoms with Crippen molar-refractivity contribution < 1.29 is 9.84 Å². The standard InChI is InChI=1S/C13H18O2/c1-8-7-9-11(15-8)6-5-10(14)12(9)13(2,3)4/h5-6,8,14H,7H2,1-4H3. The molecule has 1 aliphatic heterocycles. The highest BCUT2D eigenvalue weighted by molar-refractivity contribution is 5.53. The van der Waals surface area contributed by atoms with Crippen LogP contribution in [0.1, 0.15) is 38.8 Å². The number of hydrogen-bond acceptors (Lipinski definition) is 2. The molecule has 0 fully saturated rings. The maximum atomic E-state index is 9.94. The lowest BCUT2D eigenvalue weighted by atomic mass is 9.82. The van der Waals surface area contributed by atoms with E-state index in [2.05, 4.69) is 27.7 Å². The summed E-state index contributed by atoms with van der Waals surface area (Å²) in [7, 11) is 0. The first kappa shape index (κ1) is 10.3. The molecule has 0 amide bonds. The van der Waals surface area contributed by atoms with Gasteiger partial charge in [-0.2, -0.15) is 0 Å². The highest BCUT2D eigenvalue weighted by Gasteiger charge is 2.29. The molecule has 15 heavy (non-hydrogen) atoms. The van der Waals surface area contributed by atoms with Crippen LogP contribution in [0.15, 0.2) is 12.1 Å².